The van der Waals surface area contributed by atoms with Crippen LogP contribution in [0.1, 0.15) is 6.92 Å². The lowest BCUT2D eigenvalue weighted by molar-refractivity contribution is -0.137. The first-order valence-corrected chi connectivity index (χ1v) is 7.52. The van der Waals surface area contributed by atoms with Crippen molar-refractivity contribution in [2.75, 3.05) is 25.1 Å². The molecule has 0 bridgehead atoms. The smallest absolute Gasteiger partial charge is 0.277 e. The molecule has 1 aliphatic rings. The van der Waals surface area contributed by atoms with Crippen LogP contribution in [0, 0.1) is 3.57 Å². The highest BCUT2D eigenvalue weighted by atomic mass is 127. The zero-order valence-corrected chi connectivity index (χ0v) is 13.6. The van der Waals surface area contributed by atoms with Crippen LogP contribution in [0.3, 0.4) is 0 Å². The molecule has 0 aromatic heterocycles. The average molecular weight is 402 g/mol. The van der Waals surface area contributed by atoms with E-state index in [0.29, 0.717) is 18.0 Å². The van der Waals surface area contributed by atoms with Crippen LogP contribution in [0.25, 0.3) is 0 Å². The van der Waals surface area contributed by atoms with Crippen molar-refractivity contribution in [1.29, 1.82) is 0 Å². The number of carbonyl (C=O) groups excluding carboxylic acids is 2. The van der Waals surface area contributed by atoms with Crippen LogP contribution in [0.15, 0.2) is 30.0 Å². The Kier molecular flexibility index (Phi) is 5.18. The van der Waals surface area contributed by atoms with Gasteiger partial charge in [-0.05, 0) is 47.7 Å². The molecule has 2 amide bonds. The van der Waals surface area contributed by atoms with E-state index < -0.39 is 11.8 Å². The fraction of sp³-hybridized carbons (Fsp3) is 0.286. The molecule has 0 fully saturated rings. The summed E-state index contributed by atoms with van der Waals surface area (Å²) < 4.78 is 6.47. The maximum atomic E-state index is 12.1. The number of hydrogen-bond acceptors (Lipinski definition) is 5. The second-order valence-corrected chi connectivity index (χ2v) is 5.52. The van der Waals surface area contributed by atoms with E-state index in [9.17, 15) is 9.59 Å². The molecule has 0 unspecified atom stereocenters. The largest absolute Gasteiger partial charge is 0.492 e. The molecule has 0 atom stereocenters. The zero-order chi connectivity index (χ0) is 15.4. The summed E-state index contributed by atoms with van der Waals surface area (Å²) in [5, 5.41) is 11.8. The highest BCUT2D eigenvalue weighted by Gasteiger charge is 2.31. The number of anilines is 1. The van der Waals surface area contributed by atoms with Gasteiger partial charge in [-0.15, -0.1) is 0 Å². The molecule has 0 aliphatic carbocycles. The SMILES string of the molecule is CCOc1ccc(I)cc1NC1=CC(=O)N(CCO)C1=O. The van der Waals surface area contributed by atoms with Gasteiger partial charge in [0.25, 0.3) is 11.8 Å². The quantitative estimate of drug-likeness (QED) is 0.555. The molecule has 0 radical (unpaired) electrons. The second-order valence-electron chi connectivity index (χ2n) is 4.28. The molecule has 1 heterocycles. The first-order valence-electron chi connectivity index (χ1n) is 6.44. The average Bonchev–Trinajstić information content (AvgIpc) is 2.70. The van der Waals surface area contributed by atoms with E-state index in [0.717, 1.165) is 8.47 Å². The Morgan fingerprint density at radius 3 is 2.81 bits per heavy atom. The molecule has 0 saturated heterocycles. The predicted octanol–water partition coefficient (Wildman–Crippen LogP) is 1.35. The number of halogens is 1. The number of imide groups is 1. The highest BCUT2D eigenvalue weighted by molar-refractivity contribution is 14.1. The summed E-state index contributed by atoms with van der Waals surface area (Å²) in [6.45, 7) is 2.10. The molecule has 0 spiro atoms. The van der Waals surface area contributed by atoms with Crippen LogP contribution in [0.5, 0.6) is 5.75 Å². The van der Waals surface area contributed by atoms with Crippen LogP contribution in [-0.2, 0) is 9.59 Å². The van der Waals surface area contributed by atoms with Gasteiger partial charge in [0.15, 0.2) is 0 Å². The first-order chi connectivity index (χ1) is 10.1. The van der Waals surface area contributed by atoms with Gasteiger partial charge >= 0.3 is 0 Å². The van der Waals surface area contributed by atoms with Gasteiger partial charge in [-0.1, -0.05) is 0 Å². The molecule has 7 heteroatoms. The summed E-state index contributed by atoms with van der Waals surface area (Å²) in [5.41, 5.74) is 0.804. The Balaban J connectivity index is 2.22. The standard InChI is InChI=1S/C14H15IN2O4/c1-2-21-12-4-3-9(15)7-10(12)16-11-8-13(19)17(5-6-18)14(11)20/h3-4,7-8,16,18H,2,5-6H2,1H3. The maximum absolute atomic E-state index is 12.1. The number of rotatable bonds is 6. The molecule has 21 heavy (non-hydrogen) atoms. The van der Waals surface area contributed by atoms with E-state index >= 15 is 0 Å². The number of nitrogens with zero attached hydrogens (tertiary/aromatic N) is 1. The lowest BCUT2D eigenvalue weighted by Crippen LogP contribution is -2.34. The number of benzene rings is 1. The van der Waals surface area contributed by atoms with Gasteiger partial charge in [0.05, 0.1) is 25.4 Å². The van der Waals surface area contributed by atoms with Crippen molar-refractivity contribution in [3.05, 3.63) is 33.5 Å². The van der Waals surface area contributed by atoms with Crippen molar-refractivity contribution < 1.29 is 19.4 Å². The number of nitrogens with one attached hydrogen (secondary N) is 1. The lowest BCUT2D eigenvalue weighted by atomic mass is 10.2. The van der Waals surface area contributed by atoms with Gasteiger partial charge in [-0.2, -0.15) is 0 Å². The van der Waals surface area contributed by atoms with Crippen molar-refractivity contribution >= 4 is 40.1 Å². The molecule has 0 saturated carbocycles. The molecule has 1 aromatic carbocycles. The molecule has 1 aliphatic heterocycles. The Labute approximate surface area is 135 Å². The number of β-amino-alcohol motifs (C(OH)–C–C–N with tert-alkyl or cyclic N) is 1. The number of aliphatic hydroxyl groups is 1. The summed E-state index contributed by atoms with van der Waals surface area (Å²) in [4.78, 5) is 24.8. The van der Waals surface area contributed by atoms with E-state index in [-0.39, 0.29) is 18.8 Å². The second kappa shape index (κ2) is 6.90. The third-order valence-corrected chi connectivity index (χ3v) is 3.51. The van der Waals surface area contributed by atoms with Crippen LogP contribution in [0.2, 0.25) is 0 Å². The lowest BCUT2D eigenvalue weighted by Gasteiger charge is -2.15. The summed E-state index contributed by atoms with van der Waals surface area (Å²) in [6, 6.07) is 5.53. The van der Waals surface area contributed by atoms with E-state index in [2.05, 4.69) is 27.9 Å². The zero-order valence-electron chi connectivity index (χ0n) is 11.4. The minimum absolute atomic E-state index is 0.00993. The van der Waals surface area contributed by atoms with Gasteiger partial charge in [-0.3, -0.25) is 14.5 Å². The Hall–Kier alpha value is -1.61. The monoisotopic (exact) mass is 402 g/mol. The van der Waals surface area contributed by atoms with Gasteiger partial charge < -0.3 is 15.2 Å². The maximum Gasteiger partial charge on any atom is 0.277 e. The molecule has 1 aromatic rings. The van der Waals surface area contributed by atoms with Gasteiger partial charge in [0.1, 0.15) is 11.4 Å². The number of carbonyl (C=O) groups is 2. The number of amides is 2. The summed E-state index contributed by atoms with van der Waals surface area (Å²) in [5.74, 6) is -0.268. The topological polar surface area (TPSA) is 78.9 Å². The van der Waals surface area contributed by atoms with Crippen LogP contribution in [0.4, 0.5) is 5.69 Å². The third kappa shape index (κ3) is 3.53. The normalized spacial score (nSPS) is 14.4. The molecule has 2 N–H and O–H groups in total. The van der Waals surface area contributed by atoms with E-state index in [1.807, 2.05) is 19.1 Å². The van der Waals surface area contributed by atoms with E-state index in [1.54, 1.807) is 6.07 Å². The number of ether oxygens (including phenoxy) is 1. The van der Waals surface area contributed by atoms with E-state index in [4.69, 9.17) is 9.84 Å². The number of aliphatic hydroxyl groups excluding tert-OH is 1. The molecular formula is C14H15IN2O4. The molecule has 6 nitrogen and oxygen atoms in total. The van der Waals surface area contributed by atoms with Crippen molar-refractivity contribution in [3.8, 4) is 5.75 Å². The van der Waals surface area contributed by atoms with Crippen LogP contribution >= 0.6 is 22.6 Å². The minimum atomic E-state index is -0.449. The number of hydrogen-bond donors (Lipinski definition) is 2. The fourth-order valence-electron chi connectivity index (χ4n) is 1.94. The fourth-order valence-corrected chi connectivity index (χ4v) is 2.43. The summed E-state index contributed by atoms with van der Waals surface area (Å²) in [7, 11) is 0. The van der Waals surface area contributed by atoms with Crippen LogP contribution in [-0.4, -0.2) is 41.6 Å². The summed E-state index contributed by atoms with van der Waals surface area (Å²) in [6.07, 6.45) is 1.23. The predicted molar refractivity (Wildman–Crippen MR) is 85.8 cm³/mol. The highest BCUT2D eigenvalue weighted by Crippen LogP contribution is 2.29. The van der Waals surface area contributed by atoms with Gasteiger partial charge in [0.2, 0.25) is 0 Å². The van der Waals surface area contributed by atoms with Crippen molar-refractivity contribution in [2.24, 2.45) is 0 Å². The molecule has 112 valence electrons. The van der Waals surface area contributed by atoms with Crippen molar-refractivity contribution in [1.82, 2.24) is 4.90 Å². The van der Waals surface area contributed by atoms with Gasteiger partial charge in [0, 0.05) is 9.65 Å². The Morgan fingerprint density at radius 1 is 1.38 bits per heavy atom. The first kappa shape index (κ1) is 15.8. The molecular weight excluding hydrogens is 387 g/mol. The summed E-state index contributed by atoms with van der Waals surface area (Å²) >= 11 is 2.15. The third-order valence-electron chi connectivity index (χ3n) is 2.84. The Morgan fingerprint density at radius 2 is 2.14 bits per heavy atom. The molecule has 2 rings (SSSR count). The van der Waals surface area contributed by atoms with E-state index in [1.165, 1.54) is 6.08 Å². The van der Waals surface area contributed by atoms with Gasteiger partial charge in [-0.25, -0.2) is 0 Å². The minimum Gasteiger partial charge on any atom is -0.492 e. The van der Waals surface area contributed by atoms with Crippen molar-refractivity contribution in [2.45, 2.75) is 6.92 Å². The van der Waals surface area contributed by atoms with Crippen LogP contribution < -0.4 is 10.1 Å². The van der Waals surface area contributed by atoms with Crippen molar-refractivity contribution in [3.63, 3.8) is 0 Å². The Bertz CT molecular complexity index is 601.